The number of hydrogen-bond donors (Lipinski definition) is 1. The molecular weight excluding hydrogens is 309 g/mol. The molecule has 0 aromatic heterocycles. The average molecular weight is 330 g/mol. The first kappa shape index (κ1) is 14.9. The van der Waals surface area contributed by atoms with E-state index in [4.69, 9.17) is 4.74 Å². The molecule has 106 valence electrons. The van der Waals surface area contributed by atoms with Gasteiger partial charge in [-0.3, -0.25) is 0 Å². The summed E-state index contributed by atoms with van der Waals surface area (Å²) in [5, 5.41) is 3.21. The van der Waals surface area contributed by atoms with Crippen molar-refractivity contribution in [3.8, 4) is 0 Å². The van der Waals surface area contributed by atoms with Crippen LogP contribution in [0.1, 0.15) is 43.7 Å². The molecule has 1 saturated heterocycles. The summed E-state index contributed by atoms with van der Waals surface area (Å²) in [6.07, 6.45) is 5.86. The Morgan fingerprint density at radius 2 is 2.37 bits per heavy atom. The van der Waals surface area contributed by atoms with Crippen molar-refractivity contribution in [3.63, 3.8) is 0 Å². The van der Waals surface area contributed by atoms with Crippen molar-refractivity contribution < 1.29 is 9.13 Å². The van der Waals surface area contributed by atoms with Gasteiger partial charge in [-0.2, -0.15) is 0 Å². The molecule has 2 atom stereocenters. The lowest BCUT2D eigenvalue weighted by Gasteiger charge is -2.18. The summed E-state index contributed by atoms with van der Waals surface area (Å²) < 4.78 is 20.3. The zero-order valence-corrected chi connectivity index (χ0v) is 12.9. The predicted molar refractivity (Wildman–Crippen MR) is 78.7 cm³/mol. The van der Waals surface area contributed by atoms with Crippen molar-refractivity contribution in [3.05, 3.63) is 34.1 Å². The first-order valence-electron chi connectivity index (χ1n) is 6.94. The van der Waals surface area contributed by atoms with Crippen LogP contribution in [0.5, 0.6) is 0 Å². The third-order valence-corrected chi connectivity index (χ3v) is 4.22. The Kier molecular flexibility index (Phi) is 5.79. The summed E-state index contributed by atoms with van der Waals surface area (Å²) in [7, 11) is 1.89. The predicted octanol–water partition coefficient (Wildman–Crippen LogP) is 4.20. The van der Waals surface area contributed by atoms with Crippen LogP contribution in [0.15, 0.2) is 22.7 Å². The Balaban J connectivity index is 1.88. The Morgan fingerprint density at radius 1 is 1.53 bits per heavy atom. The zero-order chi connectivity index (χ0) is 13.7. The van der Waals surface area contributed by atoms with E-state index >= 15 is 0 Å². The minimum absolute atomic E-state index is 0.0782. The molecule has 0 spiro atoms. The molecule has 0 saturated carbocycles. The van der Waals surface area contributed by atoms with E-state index in [2.05, 4.69) is 21.2 Å². The lowest BCUT2D eigenvalue weighted by molar-refractivity contribution is 0.101. The molecular formula is C15H21BrFNO. The first-order valence-corrected chi connectivity index (χ1v) is 7.74. The van der Waals surface area contributed by atoms with Gasteiger partial charge in [-0.1, -0.05) is 22.0 Å². The maximum Gasteiger partial charge on any atom is 0.129 e. The van der Waals surface area contributed by atoms with Gasteiger partial charge in [0.25, 0.3) is 0 Å². The van der Waals surface area contributed by atoms with E-state index < -0.39 is 0 Å². The molecule has 0 bridgehead atoms. The van der Waals surface area contributed by atoms with Crippen LogP contribution in [0.3, 0.4) is 0 Å². The normalized spacial score (nSPS) is 20.7. The molecule has 19 heavy (non-hydrogen) atoms. The fraction of sp³-hybridized carbons (Fsp3) is 0.600. The second-order valence-corrected chi connectivity index (χ2v) is 5.99. The summed E-state index contributed by atoms with van der Waals surface area (Å²) in [6.45, 7) is 0.904. The Morgan fingerprint density at radius 3 is 3.00 bits per heavy atom. The molecule has 1 N–H and O–H groups in total. The molecule has 1 aliphatic rings. The van der Waals surface area contributed by atoms with Gasteiger partial charge in [0.15, 0.2) is 0 Å². The first-order chi connectivity index (χ1) is 9.20. The number of ether oxygens (including phenoxy) is 1. The van der Waals surface area contributed by atoms with Gasteiger partial charge in [-0.15, -0.1) is 0 Å². The third-order valence-electron chi connectivity index (χ3n) is 3.73. The maximum atomic E-state index is 13.9. The maximum absolute atomic E-state index is 13.9. The van der Waals surface area contributed by atoms with Crippen LogP contribution in [0, 0.1) is 5.82 Å². The fourth-order valence-electron chi connectivity index (χ4n) is 2.66. The number of hydrogen-bond acceptors (Lipinski definition) is 2. The number of halogens is 2. The molecule has 1 aliphatic heterocycles. The van der Waals surface area contributed by atoms with Gasteiger partial charge in [0.05, 0.1) is 6.10 Å². The summed E-state index contributed by atoms with van der Waals surface area (Å²) >= 11 is 3.29. The van der Waals surface area contributed by atoms with Gasteiger partial charge in [0.2, 0.25) is 0 Å². The van der Waals surface area contributed by atoms with Gasteiger partial charge in [-0.05, 0) is 51.3 Å². The quantitative estimate of drug-likeness (QED) is 0.844. The number of rotatable bonds is 6. The van der Waals surface area contributed by atoms with Gasteiger partial charge in [0, 0.05) is 22.7 Å². The Labute approximate surface area is 122 Å². The van der Waals surface area contributed by atoms with E-state index in [0.29, 0.717) is 6.10 Å². The molecule has 1 fully saturated rings. The summed E-state index contributed by atoms with van der Waals surface area (Å²) in [5.74, 6) is -0.147. The molecule has 2 unspecified atom stereocenters. The smallest absolute Gasteiger partial charge is 0.129 e. The van der Waals surface area contributed by atoms with Crippen LogP contribution in [0.2, 0.25) is 0 Å². The minimum Gasteiger partial charge on any atom is -0.378 e. The van der Waals surface area contributed by atoms with Gasteiger partial charge in [0.1, 0.15) is 5.82 Å². The van der Waals surface area contributed by atoms with Crippen molar-refractivity contribution >= 4 is 15.9 Å². The van der Waals surface area contributed by atoms with Crippen molar-refractivity contribution in [2.45, 2.75) is 44.2 Å². The Hall–Kier alpha value is -0.450. The summed E-state index contributed by atoms with van der Waals surface area (Å²) in [4.78, 5) is 0. The molecule has 0 aliphatic carbocycles. The molecule has 2 nitrogen and oxygen atoms in total. The molecule has 1 aromatic rings. The third kappa shape index (κ3) is 4.26. The zero-order valence-electron chi connectivity index (χ0n) is 11.3. The molecule has 4 heteroatoms. The van der Waals surface area contributed by atoms with Crippen molar-refractivity contribution in [1.82, 2.24) is 5.32 Å². The molecule has 0 radical (unpaired) electrons. The standard InChI is InChI=1S/C15H21BrFNO/c1-18-15(6-2-4-12-5-3-9-19-12)13-8-7-11(16)10-14(13)17/h7-8,10,12,15,18H,2-6,9H2,1H3. The molecule has 1 heterocycles. The van der Waals surface area contributed by atoms with E-state index in [-0.39, 0.29) is 11.9 Å². The van der Waals surface area contributed by atoms with Crippen molar-refractivity contribution in [1.29, 1.82) is 0 Å². The largest absolute Gasteiger partial charge is 0.378 e. The van der Waals surface area contributed by atoms with E-state index in [1.54, 1.807) is 0 Å². The highest BCUT2D eigenvalue weighted by Crippen LogP contribution is 2.26. The highest BCUT2D eigenvalue weighted by atomic mass is 79.9. The summed E-state index contributed by atoms with van der Waals surface area (Å²) in [6, 6.07) is 5.35. The van der Waals surface area contributed by atoms with Crippen LogP contribution in [0.25, 0.3) is 0 Å². The molecule has 1 aromatic carbocycles. The molecule has 2 rings (SSSR count). The minimum atomic E-state index is -0.147. The number of benzene rings is 1. The lowest BCUT2D eigenvalue weighted by Crippen LogP contribution is -2.18. The van der Waals surface area contributed by atoms with Crippen LogP contribution in [-0.2, 0) is 4.74 Å². The average Bonchev–Trinajstić information content (AvgIpc) is 2.89. The second-order valence-electron chi connectivity index (χ2n) is 5.07. The van der Waals surface area contributed by atoms with E-state index in [1.807, 2.05) is 19.2 Å². The highest BCUT2D eigenvalue weighted by Gasteiger charge is 2.18. The van der Waals surface area contributed by atoms with Crippen molar-refractivity contribution in [2.24, 2.45) is 0 Å². The number of nitrogens with one attached hydrogen (secondary N) is 1. The van der Waals surface area contributed by atoms with Crippen LogP contribution >= 0.6 is 15.9 Å². The summed E-state index contributed by atoms with van der Waals surface area (Å²) in [5.41, 5.74) is 0.748. The topological polar surface area (TPSA) is 21.3 Å². The van der Waals surface area contributed by atoms with Crippen molar-refractivity contribution in [2.75, 3.05) is 13.7 Å². The van der Waals surface area contributed by atoms with E-state index in [0.717, 1.165) is 35.9 Å². The lowest BCUT2D eigenvalue weighted by atomic mass is 9.99. The second kappa shape index (κ2) is 7.36. The van der Waals surface area contributed by atoms with Crippen LogP contribution in [0.4, 0.5) is 4.39 Å². The Bertz CT molecular complexity index is 407. The van der Waals surface area contributed by atoms with Crippen LogP contribution < -0.4 is 5.32 Å². The highest BCUT2D eigenvalue weighted by molar-refractivity contribution is 9.10. The van der Waals surface area contributed by atoms with Gasteiger partial charge < -0.3 is 10.1 Å². The molecule has 0 amide bonds. The SMILES string of the molecule is CNC(CCCC1CCCO1)c1ccc(Br)cc1F. The van der Waals surface area contributed by atoms with Gasteiger partial charge >= 0.3 is 0 Å². The monoisotopic (exact) mass is 329 g/mol. The van der Waals surface area contributed by atoms with Gasteiger partial charge in [-0.25, -0.2) is 4.39 Å². The van der Waals surface area contributed by atoms with E-state index in [1.165, 1.54) is 18.9 Å². The fourth-order valence-corrected chi connectivity index (χ4v) is 2.99. The van der Waals surface area contributed by atoms with E-state index in [9.17, 15) is 4.39 Å². The van der Waals surface area contributed by atoms with Crippen LogP contribution in [-0.4, -0.2) is 19.8 Å².